The summed E-state index contributed by atoms with van der Waals surface area (Å²) in [4.78, 5) is 22.0. The third-order valence-electron chi connectivity index (χ3n) is 3.49. The number of carbonyl (C=O) groups is 1. The molecule has 0 N–H and O–H groups in total. The van der Waals surface area contributed by atoms with E-state index in [0.717, 1.165) is 16.1 Å². The van der Waals surface area contributed by atoms with Crippen LogP contribution in [-0.2, 0) is 11.2 Å². The first-order valence-electron chi connectivity index (χ1n) is 7.36. The Hall–Kier alpha value is -2.61. The third kappa shape index (κ3) is 2.92. The Kier molecular flexibility index (Phi) is 4.66. The Morgan fingerprint density at radius 3 is 2.83 bits per heavy atom. The first-order valence-corrected chi connectivity index (χ1v) is 8.17. The standard InChI is InChI=1S/C16H17N3O4S/c1-4-23-16(20)13-8-19-9-18-11(15(19)24-13)7-10-12(21-2)5-6-17-14(10)22-3/h5-6,8-9H,4,7H2,1-3H3. The maximum atomic E-state index is 11.9. The summed E-state index contributed by atoms with van der Waals surface area (Å²) in [6.07, 6.45) is 5.53. The van der Waals surface area contributed by atoms with Gasteiger partial charge in [-0.1, -0.05) is 0 Å². The number of rotatable bonds is 6. The van der Waals surface area contributed by atoms with E-state index in [-0.39, 0.29) is 5.97 Å². The summed E-state index contributed by atoms with van der Waals surface area (Å²) in [6, 6.07) is 1.78. The molecule has 0 bridgehead atoms. The molecule has 0 radical (unpaired) electrons. The van der Waals surface area contributed by atoms with Gasteiger partial charge in [0.25, 0.3) is 0 Å². The monoisotopic (exact) mass is 347 g/mol. The fraction of sp³-hybridized carbons (Fsp3) is 0.312. The van der Waals surface area contributed by atoms with Crippen LogP contribution in [0.5, 0.6) is 11.6 Å². The molecule has 0 saturated heterocycles. The Morgan fingerprint density at radius 2 is 2.12 bits per heavy atom. The van der Waals surface area contributed by atoms with Gasteiger partial charge in [0.1, 0.15) is 21.8 Å². The summed E-state index contributed by atoms with van der Waals surface area (Å²) < 4.78 is 17.6. The normalized spacial score (nSPS) is 10.8. The van der Waals surface area contributed by atoms with Gasteiger partial charge in [-0.3, -0.25) is 4.40 Å². The topological polar surface area (TPSA) is 75.0 Å². The van der Waals surface area contributed by atoms with Crippen molar-refractivity contribution >= 4 is 22.1 Å². The lowest BCUT2D eigenvalue weighted by Crippen LogP contribution is -2.02. The molecule has 0 spiro atoms. The Bertz CT molecular complexity index is 849. The fourth-order valence-electron chi connectivity index (χ4n) is 2.42. The lowest BCUT2D eigenvalue weighted by molar-refractivity contribution is 0.0531. The third-order valence-corrected chi connectivity index (χ3v) is 4.62. The van der Waals surface area contributed by atoms with Crippen LogP contribution in [0.2, 0.25) is 0 Å². The molecule has 3 aromatic heterocycles. The molecule has 126 valence electrons. The second-order valence-electron chi connectivity index (χ2n) is 4.90. The molecule has 0 fully saturated rings. The van der Waals surface area contributed by atoms with Gasteiger partial charge in [-0.05, 0) is 13.0 Å². The minimum Gasteiger partial charge on any atom is -0.496 e. The average Bonchev–Trinajstić information content (AvgIpc) is 3.17. The van der Waals surface area contributed by atoms with Gasteiger partial charge >= 0.3 is 5.97 Å². The van der Waals surface area contributed by atoms with Crippen molar-refractivity contribution in [1.29, 1.82) is 0 Å². The zero-order valence-corrected chi connectivity index (χ0v) is 14.4. The number of esters is 1. The SMILES string of the molecule is CCOC(=O)c1cn2cnc(Cc3c(OC)ccnc3OC)c2s1. The van der Waals surface area contributed by atoms with E-state index >= 15 is 0 Å². The molecule has 24 heavy (non-hydrogen) atoms. The lowest BCUT2D eigenvalue weighted by atomic mass is 10.1. The smallest absolute Gasteiger partial charge is 0.349 e. The summed E-state index contributed by atoms with van der Waals surface area (Å²) >= 11 is 1.35. The summed E-state index contributed by atoms with van der Waals surface area (Å²) in [7, 11) is 3.17. The molecule has 0 amide bonds. The molecule has 0 saturated carbocycles. The van der Waals surface area contributed by atoms with Gasteiger partial charge in [0.2, 0.25) is 5.88 Å². The number of aromatic nitrogens is 3. The van der Waals surface area contributed by atoms with Crippen LogP contribution in [0.25, 0.3) is 4.83 Å². The molecule has 0 unspecified atom stereocenters. The highest BCUT2D eigenvalue weighted by molar-refractivity contribution is 7.19. The largest absolute Gasteiger partial charge is 0.496 e. The van der Waals surface area contributed by atoms with Gasteiger partial charge in [0.15, 0.2) is 0 Å². The van der Waals surface area contributed by atoms with Crippen LogP contribution in [0.1, 0.15) is 27.9 Å². The molecule has 8 heteroatoms. The van der Waals surface area contributed by atoms with Crippen LogP contribution in [0.15, 0.2) is 24.8 Å². The second-order valence-corrected chi connectivity index (χ2v) is 5.93. The van der Waals surface area contributed by atoms with E-state index in [1.54, 1.807) is 45.9 Å². The maximum absolute atomic E-state index is 11.9. The molecular formula is C16H17N3O4S. The first kappa shape index (κ1) is 16.3. The van der Waals surface area contributed by atoms with E-state index in [1.807, 2.05) is 4.40 Å². The highest BCUT2D eigenvalue weighted by Gasteiger charge is 2.18. The van der Waals surface area contributed by atoms with E-state index in [4.69, 9.17) is 14.2 Å². The van der Waals surface area contributed by atoms with Crippen LogP contribution in [0.4, 0.5) is 0 Å². The van der Waals surface area contributed by atoms with Crippen molar-refractivity contribution < 1.29 is 19.0 Å². The maximum Gasteiger partial charge on any atom is 0.349 e. The molecule has 3 rings (SSSR count). The van der Waals surface area contributed by atoms with Gasteiger partial charge in [0, 0.05) is 18.8 Å². The molecule has 0 aliphatic rings. The Morgan fingerprint density at radius 1 is 1.29 bits per heavy atom. The van der Waals surface area contributed by atoms with Crippen molar-refractivity contribution in [2.75, 3.05) is 20.8 Å². The van der Waals surface area contributed by atoms with Crippen LogP contribution in [-0.4, -0.2) is 41.2 Å². The number of carbonyl (C=O) groups excluding carboxylic acids is 1. The van der Waals surface area contributed by atoms with Gasteiger partial charge in [-0.2, -0.15) is 0 Å². The zero-order chi connectivity index (χ0) is 17.1. The van der Waals surface area contributed by atoms with Crippen molar-refractivity contribution in [2.24, 2.45) is 0 Å². The molecule has 0 aromatic carbocycles. The van der Waals surface area contributed by atoms with Gasteiger partial charge in [-0.25, -0.2) is 14.8 Å². The van der Waals surface area contributed by atoms with Crippen molar-refractivity contribution in [2.45, 2.75) is 13.3 Å². The van der Waals surface area contributed by atoms with Gasteiger partial charge in [-0.15, -0.1) is 11.3 Å². The summed E-state index contributed by atoms with van der Waals surface area (Å²) in [5.74, 6) is 0.858. The van der Waals surface area contributed by atoms with Crippen molar-refractivity contribution in [3.8, 4) is 11.6 Å². The predicted molar refractivity (Wildman–Crippen MR) is 89.2 cm³/mol. The van der Waals surface area contributed by atoms with E-state index in [0.29, 0.717) is 29.5 Å². The number of thiazole rings is 1. The van der Waals surface area contributed by atoms with Gasteiger partial charge in [0.05, 0.1) is 32.1 Å². The minimum atomic E-state index is -0.325. The summed E-state index contributed by atoms with van der Waals surface area (Å²) in [6.45, 7) is 2.13. The molecule has 0 atom stereocenters. The van der Waals surface area contributed by atoms with E-state index < -0.39 is 0 Å². The number of hydrogen-bond acceptors (Lipinski definition) is 7. The number of fused-ring (bicyclic) bond motifs is 1. The first-order chi connectivity index (χ1) is 11.7. The molecular weight excluding hydrogens is 330 g/mol. The number of ether oxygens (including phenoxy) is 3. The van der Waals surface area contributed by atoms with E-state index in [1.165, 1.54) is 11.3 Å². The lowest BCUT2D eigenvalue weighted by Gasteiger charge is -2.10. The summed E-state index contributed by atoms with van der Waals surface area (Å²) in [5.41, 5.74) is 1.63. The number of nitrogens with zero attached hydrogens (tertiary/aromatic N) is 3. The quantitative estimate of drug-likeness (QED) is 0.638. The highest BCUT2D eigenvalue weighted by Crippen LogP contribution is 2.31. The Labute approximate surface area is 142 Å². The van der Waals surface area contributed by atoms with E-state index in [9.17, 15) is 4.79 Å². The molecule has 3 aromatic rings. The zero-order valence-electron chi connectivity index (χ0n) is 13.6. The van der Waals surface area contributed by atoms with Crippen molar-refractivity contribution in [3.05, 3.63) is 40.9 Å². The van der Waals surface area contributed by atoms with Crippen LogP contribution >= 0.6 is 11.3 Å². The fourth-order valence-corrected chi connectivity index (χ4v) is 3.39. The second kappa shape index (κ2) is 6.88. The predicted octanol–water partition coefficient (Wildman–Crippen LogP) is 2.58. The molecule has 0 aliphatic heterocycles. The number of imidazole rings is 1. The molecule has 3 heterocycles. The number of hydrogen-bond donors (Lipinski definition) is 0. The molecule has 0 aliphatic carbocycles. The molecule has 7 nitrogen and oxygen atoms in total. The number of pyridine rings is 1. The van der Waals surface area contributed by atoms with Gasteiger partial charge < -0.3 is 14.2 Å². The van der Waals surface area contributed by atoms with Crippen LogP contribution in [0.3, 0.4) is 0 Å². The van der Waals surface area contributed by atoms with Crippen molar-refractivity contribution in [3.63, 3.8) is 0 Å². The minimum absolute atomic E-state index is 0.325. The van der Waals surface area contributed by atoms with Crippen LogP contribution < -0.4 is 9.47 Å². The highest BCUT2D eigenvalue weighted by atomic mass is 32.1. The van der Waals surface area contributed by atoms with Crippen molar-refractivity contribution in [1.82, 2.24) is 14.4 Å². The summed E-state index contributed by atoms with van der Waals surface area (Å²) in [5, 5.41) is 0. The van der Waals surface area contributed by atoms with Crippen LogP contribution in [0, 0.1) is 0 Å². The average molecular weight is 347 g/mol. The van der Waals surface area contributed by atoms with E-state index in [2.05, 4.69) is 9.97 Å². The Balaban J connectivity index is 1.98. The number of methoxy groups -OCH3 is 2.